The molecule has 4 nitrogen and oxygen atoms in total. The molecular weight excluding hydrogens is 285 g/mol. The topological polar surface area (TPSA) is 54.7 Å². The Labute approximate surface area is 109 Å². The molecule has 2 heterocycles. The monoisotopic (exact) mass is 291 g/mol. The summed E-state index contributed by atoms with van der Waals surface area (Å²) in [7, 11) is 0. The molecule has 9 heteroatoms. The second-order valence-corrected chi connectivity index (χ2v) is 3.94. The standard InChI is InChI=1S/C11H6F5N3O/c1-4-7(13)10(20)19-9(18-4)8-6(12)2-5(3-17-8)11(14,15)16/h2-3,7H,1H3. The van der Waals surface area contributed by atoms with Crippen LogP contribution in [0.15, 0.2) is 22.2 Å². The van der Waals surface area contributed by atoms with Crippen LogP contribution in [-0.4, -0.2) is 28.6 Å². The number of hydrogen-bond acceptors (Lipinski definition) is 3. The number of pyridine rings is 1. The van der Waals surface area contributed by atoms with Crippen LogP contribution in [0.2, 0.25) is 0 Å². The minimum Gasteiger partial charge on any atom is -0.269 e. The molecule has 0 fully saturated rings. The zero-order valence-corrected chi connectivity index (χ0v) is 9.87. The van der Waals surface area contributed by atoms with Crippen LogP contribution in [-0.2, 0) is 11.0 Å². The highest BCUT2D eigenvalue weighted by Gasteiger charge is 2.33. The lowest BCUT2D eigenvalue weighted by Crippen LogP contribution is -2.29. The first kappa shape index (κ1) is 14.2. The van der Waals surface area contributed by atoms with E-state index in [1.54, 1.807) is 0 Å². The molecule has 0 radical (unpaired) electrons. The molecule has 1 atom stereocenters. The number of amidine groups is 1. The van der Waals surface area contributed by atoms with Crippen LogP contribution in [0, 0.1) is 5.82 Å². The van der Waals surface area contributed by atoms with Crippen molar-refractivity contribution in [2.24, 2.45) is 9.98 Å². The van der Waals surface area contributed by atoms with Crippen molar-refractivity contribution >= 4 is 17.5 Å². The number of rotatable bonds is 1. The van der Waals surface area contributed by atoms with E-state index in [1.807, 2.05) is 0 Å². The number of carbonyl (C=O) groups is 1. The van der Waals surface area contributed by atoms with Gasteiger partial charge in [0.05, 0.1) is 11.3 Å². The van der Waals surface area contributed by atoms with Crippen LogP contribution in [0.1, 0.15) is 18.2 Å². The highest BCUT2D eigenvalue weighted by atomic mass is 19.4. The number of aromatic nitrogens is 1. The Bertz CT molecular complexity index is 635. The Morgan fingerprint density at radius 3 is 2.40 bits per heavy atom. The molecule has 0 aromatic carbocycles. The molecule has 0 aliphatic carbocycles. The molecular formula is C11H6F5N3O. The van der Waals surface area contributed by atoms with E-state index in [2.05, 4.69) is 15.0 Å². The summed E-state index contributed by atoms with van der Waals surface area (Å²) in [5.74, 6) is -3.10. The number of halogens is 5. The molecule has 106 valence electrons. The van der Waals surface area contributed by atoms with Gasteiger partial charge in [-0.1, -0.05) is 0 Å². The van der Waals surface area contributed by atoms with E-state index in [0.717, 1.165) is 0 Å². The predicted octanol–water partition coefficient (Wildman–Crippen LogP) is 2.33. The summed E-state index contributed by atoms with van der Waals surface area (Å²) >= 11 is 0. The van der Waals surface area contributed by atoms with Crippen molar-refractivity contribution < 1.29 is 26.7 Å². The highest BCUT2D eigenvalue weighted by Crippen LogP contribution is 2.29. The average Bonchev–Trinajstić information content (AvgIpc) is 2.34. The Balaban J connectivity index is 2.46. The van der Waals surface area contributed by atoms with Gasteiger partial charge < -0.3 is 0 Å². The Kier molecular flexibility index (Phi) is 3.36. The van der Waals surface area contributed by atoms with Gasteiger partial charge in [-0.25, -0.2) is 18.8 Å². The molecule has 1 aromatic heterocycles. The maximum absolute atomic E-state index is 13.6. The molecule has 20 heavy (non-hydrogen) atoms. The Morgan fingerprint density at radius 2 is 1.90 bits per heavy atom. The molecule has 1 aliphatic heterocycles. The quantitative estimate of drug-likeness (QED) is 0.746. The van der Waals surface area contributed by atoms with E-state index in [1.165, 1.54) is 6.92 Å². The SMILES string of the molecule is CC1=NC(c2ncc(C(F)(F)F)cc2F)=NC(=O)C1F. The number of aliphatic imine (C=N–C) groups is 2. The summed E-state index contributed by atoms with van der Waals surface area (Å²) in [4.78, 5) is 21.1. The van der Waals surface area contributed by atoms with E-state index >= 15 is 0 Å². The predicted molar refractivity (Wildman–Crippen MR) is 58.7 cm³/mol. The van der Waals surface area contributed by atoms with Crippen LogP contribution in [0.25, 0.3) is 0 Å². The van der Waals surface area contributed by atoms with Crippen molar-refractivity contribution in [3.63, 3.8) is 0 Å². The van der Waals surface area contributed by atoms with Gasteiger partial charge >= 0.3 is 6.18 Å². The smallest absolute Gasteiger partial charge is 0.269 e. The summed E-state index contributed by atoms with van der Waals surface area (Å²) < 4.78 is 63.8. The number of carbonyl (C=O) groups excluding carboxylic acids is 1. The van der Waals surface area contributed by atoms with Crippen LogP contribution >= 0.6 is 0 Å². The van der Waals surface area contributed by atoms with Gasteiger partial charge in [0.1, 0.15) is 5.69 Å². The number of nitrogens with zero attached hydrogens (tertiary/aromatic N) is 3. The molecule has 1 aliphatic rings. The number of hydrogen-bond donors (Lipinski definition) is 0. The third-order valence-corrected chi connectivity index (χ3v) is 2.46. The molecule has 0 N–H and O–H groups in total. The summed E-state index contributed by atoms with van der Waals surface area (Å²) in [6, 6.07) is 0.210. The van der Waals surface area contributed by atoms with Crippen LogP contribution in [0.4, 0.5) is 22.0 Å². The molecule has 1 aromatic rings. The summed E-state index contributed by atoms with van der Waals surface area (Å²) in [6.45, 7) is 1.18. The van der Waals surface area contributed by atoms with Gasteiger partial charge in [0.2, 0.25) is 6.17 Å². The Morgan fingerprint density at radius 1 is 1.25 bits per heavy atom. The number of amides is 1. The summed E-state index contributed by atoms with van der Waals surface area (Å²) in [6.07, 6.45) is -6.39. The maximum Gasteiger partial charge on any atom is 0.417 e. The van der Waals surface area contributed by atoms with Gasteiger partial charge in [-0.15, -0.1) is 0 Å². The third kappa shape index (κ3) is 2.56. The van der Waals surface area contributed by atoms with E-state index < -0.39 is 41.2 Å². The van der Waals surface area contributed by atoms with Gasteiger partial charge in [0.15, 0.2) is 11.7 Å². The second-order valence-electron chi connectivity index (χ2n) is 3.94. The second kappa shape index (κ2) is 4.73. The minimum absolute atomic E-state index is 0.210. The van der Waals surface area contributed by atoms with Gasteiger partial charge in [-0.05, 0) is 13.0 Å². The average molecular weight is 291 g/mol. The maximum atomic E-state index is 13.6. The van der Waals surface area contributed by atoms with Crippen LogP contribution in [0.3, 0.4) is 0 Å². The highest BCUT2D eigenvalue weighted by molar-refractivity contribution is 6.20. The molecule has 1 amide bonds. The number of alkyl halides is 4. The lowest BCUT2D eigenvalue weighted by atomic mass is 10.2. The fourth-order valence-electron chi connectivity index (χ4n) is 1.45. The largest absolute Gasteiger partial charge is 0.417 e. The zero-order valence-electron chi connectivity index (χ0n) is 9.87. The Hall–Kier alpha value is -2.19. The van der Waals surface area contributed by atoms with Gasteiger partial charge in [-0.2, -0.15) is 18.2 Å². The molecule has 0 saturated carbocycles. The van der Waals surface area contributed by atoms with E-state index in [0.29, 0.717) is 6.20 Å². The van der Waals surface area contributed by atoms with E-state index in [-0.39, 0.29) is 11.8 Å². The lowest BCUT2D eigenvalue weighted by molar-refractivity contribution is -0.138. The van der Waals surface area contributed by atoms with Gasteiger partial charge in [0.25, 0.3) is 5.91 Å². The van der Waals surface area contributed by atoms with Crippen LogP contribution < -0.4 is 0 Å². The first-order valence-electron chi connectivity index (χ1n) is 5.25. The van der Waals surface area contributed by atoms with Crippen molar-refractivity contribution in [2.75, 3.05) is 0 Å². The zero-order chi connectivity index (χ0) is 15.1. The molecule has 0 saturated heterocycles. The first-order valence-corrected chi connectivity index (χ1v) is 5.25. The normalized spacial score (nSPS) is 19.7. The van der Waals surface area contributed by atoms with E-state index in [4.69, 9.17) is 0 Å². The fourth-order valence-corrected chi connectivity index (χ4v) is 1.45. The van der Waals surface area contributed by atoms with Gasteiger partial charge in [0, 0.05) is 6.20 Å². The van der Waals surface area contributed by atoms with Crippen molar-refractivity contribution in [3.8, 4) is 0 Å². The first-order chi connectivity index (χ1) is 9.20. The van der Waals surface area contributed by atoms with Gasteiger partial charge in [-0.3, -0.25) is 4.79 Å². The molecule has 0 spiro atoms. The fraction of sp³-hybridized carbons (Fsp3) is 0.273. The minimum atomic E-state index is -4.75. The van der Waals surface area contributed by atoms with Crippen molar-refractivity contribution in [1.29, 1.82) is 0 Å². The van der Waals surface area contributed by atoms with Crippen LogP contribution in [0.5, 0.6) is 0 Å². The summed E-state index contributed by atoms with van der Waals surface area (Å²) in [5.41, 5.74) is -2.19. The molecule has 2 rings (SSSR count). The van der Waals surface area contributed by atoms with E-state index in [9.17, 15) is 26.7 Å². The van der Waals surface area contributed by atoms with Crippen molar-refractivity contribution in [2.45, 2.75) is 19.3 Å². The van der Waals surface area contributed by atoms with Crippen molar-refractivity contribution in [1.82, 2.24) is 4.98 Å². The molecule has 1 unspecified atom stereocenters. The summed E-state index contributed by atoms with van der Waals surface area (Å²) in [5, 5.41) is 0. The molecule has 0 bridgehead atoms. The third-order valence-electron chi connectivity index (χ3n) is 2.46. The lowest BCUT2D eigenvalue weighted by Gasteiger charge is -2.12. The van der Waals surface area contributed by atoms with Crippen molar-refractivity contribution in [3.05, 3.63) is 29.3 Å².